The smallest absolute Gasteiger partial charge is 0.156 e. The van der Waals surface area contributed by atoms with Gasteiger partial charge < -0.3 is 10.0 Å². The van der Waals surface area contributed by atoms with E-state index in [9.17, 15) is 5.11 Å². The van der Waals surface area contributed by atoms with E-state index in [1.807, 2.05) is 47.0 Å². The van der Waals surface area contributed by atoms with E-state index in [-0.39, 0.29) is 12.6 Å². The van der Waals surface area contributed by atoms with E-state index in [2.05, 4.69) is 46.4 Å². The van der Waals surface area contributed by atoms with E-state index in [0.717, 1.165) is 53.2 Å². The number of nitrogens with zero attached hydrogens (tertiary/aromatic N) is 4. The maximum Gasteiger partial charge on any atom is 0.156 e. The number of aliphatic hydroxyl groups is 1. The third-order valence-electron chi connectivity index (χ3n) is 5.70. The molecule has 2 aromatic heterocycles. The zero-order chi connectivity index (χ0) is 20.3. The van der Waals surface area contributed by atoms with Crippen LogP contribution in [0.3, 0.4) is 0 Å². The summed E-state index contributed by atoms with van der Waals surface area (Å²) in [6.07, 6.45) is 3.91. The molecule has 0 amide bonds. The first-order valence-electron chi connectivity index (χ1n) is 10.4. The SMILES string of the molecule is OC[C@H]1CCCN1c1cc(N=C(c2ccccc2)c2ccccc2)n2nccc2c1. The van der Waals surface area contributed by atoms with E-state index in [4.69, 9.17) is 4.99 Å². The van der Waals surface area contributed by atoms with Crippen molar-refractivity contribution in [3.8, 4) is 0 Å². The molecule has 0 saturated carbocycles. The van der Waals surface area contributed by atoms with Crippen molar-refractivity contribution in [2.45, 2.75) is 18.9 Å². The normalized spacial score (nSPS) is 16.2. The molecule has 1 N–H and O–H groups in total. The molecule has 1 saturated heterocycles. The van der Waals surface area contributed by atoms with Crippen LogP contribution in [0, 0.1) is 0 Å². The van der Waals surface area contributed by atoms with Crippen LogP contribution >= 0.6 is 0 Å². The molecule has 0 bridgehead atoms. The Balaban J connectivity index is 1.68. The molecule has 5 rings (SSSR count). The Labute approximate surface area is 175 Å². The monoisotopic (exact) mass is 396 g/mol. The molecule has 3 heterocycles. The summed E-state index contributed by atoms with van der Waals surface area (Å²) >= 11 is 0. The topological polar surface area (TPSA) is 53.1 Å². The summed E-state index contributed by atoms with van der Waals surface area (Å²) in [4.78, 5) is 7.40. The van der Waals surface area contributed by atoms with Gasteiger partial charge in [-0.25, -0.2) is 9.51 Å². The number of hydrogen-bond acceptors (Lipinski definition) is 4. The summed E-state index contributed by atoms with van der Waals surface area (Å²) < 4.78 is 1.87. The van der Waals surface area contributed by atoms with Crippen molar-refractivity contribution in [2.24, 2.45) is 4.99 Å². The van der Waals surface area contributed by atoms with Gasteiger partial charge >= 0.3 is 0 Å². The highest BCUT2D eigenvalue weighted by atomic mass is 16.3. The van der Waals surface area contributed by atoms with Gasteiger partial charge in [-0.1, -0.05) is 60.7 Å². The number of aliphatic imine (C=N–C) groups is 1. The fraction of sp³-hybridized carbons (Fsp3) is 0.200. The zero-order valence-corrected chi connectivity index (χ0v) is 16.7. The highest BCUT2D eigenvalue weighted by Gasteiger charge is 2.25. The maximum absolute atomic E-state index is 9.80. The average Bonchev–Trinajstić information content (AvgIpc) is 3.47. The Morgan fingerprint density at radius 1 is 0.967 bits per heavy atom. The minimum Gasteiger partial charge on any atom is -0.394 e. The van der Waals surface area contributed by atoms with Crippen LogP contribution in [0.5, 0.6) is 0 Å². The van der Waals surface area contributed by atoms with Crippen LogP contribution in [0.25, 0.3) is 5.52 Å². The third kappa shape index (κ3) is 3.48. The summed E-state index contributed by atoms with van der Waals surface area (Å²) in [5, 5.41) is 14.3. The first-order chi connectivity index (χ1) is 14.8. The molecule has 4 aromatic rings. The van der Waals surface area contributed by atoms with Crippen LogP contribution in [0.15, 0.2) is 90.1 Å². The number of aromatic nitrogens is 2. The van der Waals surface area contributed by atoms with Crippen molar-refractivity contribution in [3.63, 3.8) is 0 Å². The largest absolute Gasteiger partial charge is 0.394 e. The van der Waals surface area contributed by atoms with Crippen LogP contribution in [0.2, 0.25) is 0 Å². The van der Waals surface area contributed by atoms with Gasteiger partial charge in [0, 0.05) is 29.4 Å². The predicted molar refractivity (Wildman–Crippen MR) is 121 cm³/mol. The van der Waals surface area contributed by atoms with Crippen molar-refractivity contribution in [1.29, 1.82) is 0 Å². The van der Waals surface area contributed by atoms with Crippen LogP contribution in [0.4, 0.5) is 11.5 Å². The number of anilines is 1. The summed E-state index contributed by atoms with van der Waals surface area (Å²) in [5.74, 6) is 0.777. The molecule has 0 spiro atoms. The molecule has 0 unspecified atom stereocenters. The molecule has 1 aliphatic rings. The van der Waals surface area contributed by atoms with E-state index >= 15 is 0 Å². The first-order valence-corrected chi connectivity index (χ1v) is 10.4. The number of aliphatic hydroxyl groups excluding tert-OH is 1. The van der Waals surface area contributed by atoms with Gasteiger partial charge in [-0.2, -0.15) is 5.10 Å². The lowest BCUT2D eigenvalue weighted by molar-refractivity contribution is 0.266. The molecule has 30 heavy (non-hydrogen) atoms. The van der Waals surface area contributed by atoms with Gasteiger partial charge in [0.05, 0.1) is 30.1 Å². The fourth-order valence-electron chi connectivity index (χ4n) is 4.21. The molecule has 150 valence electrons. The van der Waals surface area contributed by atoms with Gasteiger partial charge in [0.1, 0.15) is 0 Å². The molecule has 1 atom stereocenters. The molecule has 5 nitrogen and oxygen atoms in total. The second-order valence-corrected chi connectivity index (χ2v) is 7.60. The van der Waals surface area contributed by atoms with Crippen molar-refractivity contribution in [3.05, 3.63) is 96.2 Å². The van der Waals surface area contributed by atoms with Gasteiger partial charge in [-0.05, 0) is 25.0 Å². The highest BCUT2D eigenvalue weighted by Crippen LogP contribution is 2.31. The second-order valence-electron chi connectivity index (χ2n) is 7.60. The first kappa shape index (κ1) is 18.6. The standard InChI is InChI=1S/C25H24N4O/c30-18-22-12-7-15-28(22)23-16-21-13-14-26-29(21)24(17-23)27-25(19-8-3-1-4-9-19)20-10-5-2-6-11-20/h1-6,8-11,13-14,16-17,22,30H,7,12,15,18H2/t22-/m1/s1. The summed E-state index contributed by atoms with van der Waals surface area (Å²) in [6.45, 7) is 1.12. The molecule has 0 aliphatic carbocycles. The molecule has 1 aliphatic heterocycles. The fourth-order valence-corrected chi connectivity index (χ4v) is 4.21. The maximum atomic E-state index is 9.80. The van der Waals surface area contributed by atoms with Crippen molar-refractivity contribution in [1.82, 2.24) is 9.61 Å². The highest BCUT2D eigenvalue weighted by molar-refractivity contribution is 6.13. The van der Waals surface area contributed by atoms with E-state index in [1.54, 1.807) is 6.20 Å². The molecule has 5 heteroatoms. The van der Waals surface area contributed by atoms with Crippen LogP contribution in [0.1, 0.15) is 24.0 Å². The quantitative estimate of drug-likeness (QED) is 0.507. The van der Waals surface area contributed by atoms with Crippen molar-refractivity contribution < 1.29 is 5.11 Å². The summed E-state index contributed by atoms with van der Waals surface area (Å²) in [7, 11) is 0. The minimum atomic E-state index is 0.162. The van der Waals surface area contributed by atoms with Crippen LogP contribution in [-0.4, -0.2) is 39.6 Å². The van der Waals surface area contributed by atoms with Crippen LogP contribution in [-0.2, 0) is 0 Å². The Kier molecular flexibility index (Phi) is 5.03. The number of pyridine rings is 1. The number of fused-ring (bicyclic) bond motifs is 1. The zero-order valence-electron chi connectivity index (χ0n) is 16.7. The summed E-state index contributed by atoms with van der Waals surface area (Å²) in [6, 6.07) is 26.9. The Morgan fingerprint density at radius 3 is 2.33 bits per heavy atom. The number of hydrogen-bond donors (Lipinski definition) is 1. The van der Waals surface area contributed by atoms with E-state index in [0.29, 0.717) is 0 Å². The molecule has 0 radical (unpaired) electrons. The molecule has 1 fully saturated rings. The van der Waals surface area contributed by atoms with Crippen LogP contribution < -0.4 is 4.90 Å². The Bertz CT molecular complexity index is 1130. The van der Waals surface area contributed by atoms with Gasteiger partial charge in [-0.15, -0.1) is 0 Å². The predicted octanol–water partition coefficient (Wildman–Crippen LogP) is 4.46. The van der Waals surface area contributed by atoms with Crippen molar-refractivity contribution >= 4 is 22.7 Å². The van der Waals surface area contributed by atoms with Gasteiger partial charge in [0.15, 0.2) is 5.82 Å². The number of rotatable bonds is 5. The van der Waals surface area contributed by atoms with E-state index < -0.39 is 0 Å². The summed E-state index contributed by atoms with van der Waals surface area (Å²) in [5.41, 5.74) is 5.10. The number of benzene rings is 2. The third-order valence-corrected chi connectivity index (χ3v) is 5.70. The van der Waals surface area contributed by atoms with Gasteiger partial charge in [0.25, 0.3) is 0 Å². The lowest BCUT2D eigenvalue weighted by Gasteiger charge is -2.25. The van der Waals surface area contributed by atoms with Crippen molar-refractivity contribution in [2.75, 3.05) is 18.1 Å². The molecular weight excluding hydrogens is 372 g/mol. The lowest BCUT2D eigenvalue weighted by atomic mass is 10.0. The molecule has 2 aromatic carbocycles. The average molecular weight is 396 g/mol. The van der Waals surface area contributed by atoms with Gasteiger partial charge in [0.2, 0.25) is 0 Å². The second kappa shape index (κ2) is 8.13. The minimum absolute atomic E-state index is 0.162. The van der Waals surface area contributed by atoms with E-state index in [1.165, 1.54) is 0 Å². The Morgan fingerprint density at radius 2 is 1.67 bits per heavy atom. The van der Waals surface area contributed by atoms with Gasteiger partial charge in [-0.3, -0.25) is 0 Å². The molecular formula is C25H24N4O. The lowest BCUT2D eigenvalue weighted by Crippen LogP contribution is -2.32. The Hall–Kier alpha value is -3.44.